The molecule has 0 bridgehead atoms. The van der Waals surface area contributed by atoms with Crippen LogP contribution in [0, 0.1) is 17.3 Å². The summed E-state index contributed by atoms with van der Waals surface area (Å²) in [5, 5.41) is 3.24. The van der Waals surface area contributed by atoms with E-state index in [4.69, 9.17) is 5.73 Å². The molecule has 0 aromatic carbocycles. The molecule has 118 valence electrons. The molecule has 0 saturated heterocycles. The molecule has 0 aromatic rings. The van der Waals surface area contributed by atoms with Gasteiger partial charge in [-0.2, -0.15) is 0 Å². The van der Waals surface area contributed by atoms with Gasteiger partial charge in [-0.15, -0.1) is 0 Å². The fourth-order valence-electron chi connectivity index (χ4n) is 3.21. The Balaban J connectivity index is 2.33. The second-order valence-corrected chi connectivity index (χ2v) is 7.23. The smallest absolute Gasteiger partial charge is 0.223 e. The van der Waals surface area contributed by atoms with Crippen LogP contribution in [0.3, 0.4) is 0 Å². The minimum absolute atomic E-state index is 0.100. The largest absolute Gasteiger partial charge is 0.353 e. The van der Waals surface area contributed by atoms with E-state index in [2.05, 4.69) is 26.1 Å². The molecule has 0 spiro atoms. The van der Waals surface area contributed by atoms with Crippen molar-refractivity contribution in [1.29, 1.82) is 0 Å². The third-order valence-corrected chi connectivity index (χ3v) is 5.38. The Bertz CT molecular complexity index is 293. The van der Waals surface area contributed by atoms with E-state index in [0.29, 0.717) is 18.0 Å². The second kappa shape index (κ2) is 8.02. The molecule has 1 aliphatic carbocycles. The van der Waals surface area contributed by atoms with Crippen LogP contribution in [0.25, 0.3) is 0 Å². The predicted molar refractivity (Wildman–Crippen MR) is 85.4 cm³/mol. The summed E-state index contributed by atoms with van der Waals surface area (Å²) in [7, 11) is 0. The molecule has 1 fully saturated rings. The number of nitrogens with one attached hydrogen (secondary N) is 1. The van der Waals surface area contributed by atoms with E-state index in [1.165, 1.54) is 19.3 Å². The third-order valence-electron chi connectivity index (χ3n) is 5.38. The molecule has 0 radical (unpaired) electrons. The van der Waals surface area contributed by atoms with E-state index in [-0.39, 0.29) is 11.8 Å². The maximum atomic E-state index is 12.1. The molecule has 3 N–H and O–H groups in total. The van der Waals surface area contributed by atoms with Crippen molar-refractivity contribution in [1.82, 2.24) is 5.32 Å². The zero-order chi connectivity index (χ0) is 15.2. The molecule has 1 aliphatic rings. The van der Waals surface area contributed by atoms with Crippen LogP contribution >= 0.6 is 0 Å². The molecule has 3 heteroatoms. The van der Waals surface area contributed by atoms with Gasteiger partial charge in [-0.3, -0.25) is 4.79 Å². The van der Waals surface area contributed by atoms with Gasteiger partial charge >= 0.3 is 0 Å². The maximum Gasteiger partial charge on any atom is 0.223 e. The highest BCUT2D eigenvalue weighted by Gasteiger charge is 2.32. The van der Waals surface area contributed by atoms with Gasteiger partial charge in [-0.25, -0.2) is 0 Å². The SMILES string of the molecule is CCC(C)(C)C1CCC(NC(=O)C(C)CCCN)CC1. The van der Waals surface area contributed by atoms with E-state index in [1.807, 2.05) is 6.92 Å². The zero-order valence-corrected chi connectivity index (χ0v) is 13.9. The normalized spacial score (nSPS) is 25.2. The summed E-state index contributed by atoms with van der Waals surface area (Å²) in [5.74, 6) is 1.13. The van der Waals surface area contributed by atoms with Crippen LogP contribution < -0.4 is 11.1 Å². The number of rotatable bonds is 7. The average molecular weight is 282 g/mol. The molecule has 1 saturated carbocycles. The van der Waals surface area contributed by atoms with Crippen molar-refractivity contribution in [3.05, 3.63) is 0 Å². The summed E-state index contributed by atoms with van der Waals surface area (Å²) >= 11 is 0. The molecule has 3 nitrogen and oxygen atoms in total. The summed E-state index contributed by atoms with van der Waals surface area (Å²) in [6, 6.07) is 0.395. The minimum atomic E-state index is 0.100. The van der Waals surface area contributed by atoms with Gasteiger partial charge in [0, 0.05) is 12.0 Å². The van der Waals surface area contributed by atoms with Crippen LogP contribution in [0.4, 0.5) is 0 Å². The van der Waals surface area contributed by atoms with Gasteiger partial charge in [0.2, 0.25) is 5.91 Å². The predicted octanol–water partition coefficient (Wildman–Crippen LogP) is 3.47. The average Bonchev–Trinajstić information content (AvgIpc) is 2.45. The number of nitrogens with two attached hydrogens (primary N) is 1. The summed E-state index contributed by atoms with van der Waals surface area (Å²) in [6.07, 6.45) is 7.87. The Morgan fingerprint density at radius 1 is 1.30 bits per heavy atom. The summed E-state index contributed by atoms with van der Waals surface area (Å²) < 4.78 is 0. The first-order chi connectivity index (χ1) is 9.40. The van der Waals surface area contributed by atoms with Gasteiger partial charge in [0.1, 0.15) is 0 Å². The number of hydrogen-bond acceptors (Lipinski definition) is 2. The highest BCUT2D eigenvalue weighted by atomic mass is 16.1. The van der Waals surface area contributed by atoms with Crippen LogP contribution in [0.1, 0.15) is 72.6 Å². The highest BCUT2D eigenvalue weighted by molar-refractivity contribution is 5.78. The maximum absolute atomic E-state index is 12.1. The quantitative estimate of drug-likeness (QED) is 0.751. The van der Waals surface area contributed by atoms with Gasteiger partial charge in [0.25, 0.3) is 0 Å². The van der Waals surface area contributed by atoms with Crippen LogP contribution in [-0.4, -0.2) is 18.5 Å². The van der Waals surface area contributed by atoms with Gasteiger partial charge in [0.05, 0.1) is 0 Å². The first kappa shape index (κ1) is 17.5. The van der Waals surface area contributed by atoms with Crippen molar-refractivity contribution >= 4 is 5.91 Å². The Kier molecular flexibility index (Phi) is 7.01. The van der Waals surface area contributed by atoms with Crippen molar-refractivity contribution in [2.75, 3.05) is 6.54 Å². The lowest BCUT2D eigenvalue weighted by atomic mass is 9.69. The Morgan fingerprint density at radius 2 is 1.90 bits per heavy atom. The monoisotopic (exact) mass is 282 g/mol. The molecular weight excluding hydrogens is 248 g/mol. The van der Waals surface area contributed by atoms with Gasteiger partial charge in [0.15, 0.2) is 0 Å². The standard InChI is InChI=1S/C17H34N2O/c1-5-17(3,4)14-8-10-15(11-9-14)19-16(20)13(2)7-6-12-18/h13-15H,5-12,18H2,1-4H3,(H,19,20). The fraction of sp³-hybridized carbons (Fsp3) is 0.941. The number of carbonyl (C=O) groups excluding carboxylic acids is 1. The van der Waals surface area contributed by atoms with E-state index in [0.717, 1.165) is 31.6 Å². The van der Waals surface area contributed by atoms with Crippen molar-refractivity contribution < 1.29 is 4.79 Å². The molecule has 0 aliphatic heterocycles. The van der Waals surface area contributed by atoms with Gasteiger partial charge in [-0.05, 0) is 56.4 Å². The van der Waals surface area contributed by atoms with Crippen LogP contribution in [0.2, 0.25) is 0 Å². The van der Waals surface area contributed by atoms with Crippen molar-refractivity contribution in [3.63, 3.8) is 0 Å². The lowest BCUT2D eigenvalue weighted by Gasteiger charge is -2.39. The lowest BCUT2D eigenvalue weighted by molar-refractivity contribution is -0.125. The molecule has 1 rings (SSSR count). The van der Waals surface area contributed by atoms with E-state index in [9.17, 15) is 4.79 Å². The Labute approximate surface area is 125 Å². The van der Waals surface area contributed by atoms with E-state index in [1.54, 1.807) is 0 Å². The molecule has 1 atom stereocenters. The molecular formula is C17H34N2O. The first-order valence-electron chi connectivity index (χ1n) is 8.41. The summed E-state index contributed by atoms with van der Waals surface area (Å²) in [4.78, 5) is 12.1. The number of hydrogen-bond donors (Lipinski definition) is 2. The molecule has 1 unspecified atom stereocenters. The molecule has 1 amide bonds. The Hall–Kier alpha value is -0.570. The zero-order valence-electron chi connectivity index (χ0n) is 13.9. The highest BCUT2D eigenvalue weighted by Crippen LogP contribution is 2.40. The number of carbonyl (C=O) groups is 1. The Morgan fingerprint density at radius 3 is 2.40 bits per heavy atom. The second-order valence-electron chi connectivity index (χ2n) is 7.23. The molecule has 0 heterocycles. The van der Waals surface area contributed by atoms with Crippen LogP contribution in [0.15, 0.2) is 0 Å². The summed E-state index contributed by atoms with van der Waals surface area (Å²) in [5.41, 5.74) is 5.95. The number of amides is 1. The molecule has 20 heavy (non-hydrogen) atoms. The van der Waals surface area contributed by atoms with Crippen molar-refractivity contribution in [2.24, 2.45) is 23.0 Å². The summed E-state index contributed by atoms with van der Waals surface area (Å²) in [6.45, 7) is 9.73. The van der Waals surface area contributed by atoms with Gasteiger partial charge in [-0.1, -0.05) is 34.1 Å². The van der Waals surface area contributed by atoms with Crippen LogP contribution in [0.5, 0.6) is 0 Å². The third kappa shape index (κ3) is 5.08. The van der Waals surface area contributed by atoms with E-state index >= 15 is 0 Å². The minimum Gasteiger partial charge on any atom is -0.353 e. The van der Waals surface area contributed by atoms with Crippen molar-refractivity contribution in [3.8, 4) is 0 Å². The topological polar surface area (TPSA) is 55.1 Å². The van der Waals surface area contributed by atoms with Crippen molar-refractivity contribution in [2.45, 2.75) is 78.7 Å². The van der Waals surface area contributed by atoms with Crippen LogP contribution in [-0.2, 0) is 4.79 Å². The van der Waals surface area contributed by atoms with Gasteiger partial charge < -0.3 is 11.1 Å². The fourth-order valence-corrected chi connectivity index (χ4v) is 3.21. The lowest BCUT2D eigenvalue weighted by Crippen LogP contribution is -2.42. The first-order valence-corrected chi connectivity index (χ1v) is 8.41. The van der Waals surface area contributed by atoms with E-state index < -0.39 is 0 Å². The molecule has 0 aromatic heterocycles.